The summed E-state index contributed by atoms with van der Waals surface area (Å²) in [6, 6.07) is 2.21. The maximum absolute atomic E-state index is 10.9. The van der Waals surface area contributed by atoms with E-state index >= 15 is 0 Å². The van der Waals surface area contributed by atoms with E-state index in [0.717, 1.165) is 18.4 Å². The van der Waals surface area contributed by atoms with Crippen LogP contribution in [0.15, 0.2) is 16.7 Å². The molecule has 2 N–H and O–H groups in total. The van der Waals surface area contributed by atoms with E-state index in [1.165, 1.54) is 12.7 Å². The lowest BCUT2D eigenvalue weighted by atomic mass is 9.92. The van der Waals surface area contributed by atoms with E-state index in [0.29, 0.717) is 18.0 Å². The first-order valence-corrected chi connectivity index (χ1v) is 6.01. The first-order valence-electron chi connectivity index (χ1n) is 6.01. The molecule has 0 bridgehead atoms. The monoisotopic (exact) mass is 237 g/mol. The van der Waals surface area contributed by atoms with Gasteiger partial charge < -0.3 is 14.8 Å². The SMILES string of the molecule is CC1(C)CCC(NCc2ccoc2C(=O)O)C1. The van der Waals surface area contributed by atoms with Crippen molar-refractivity contribution in [3.8, 4) is 0 Å². The Balaban J connectivity index is 1.90. The van der Waals surface area contributed by atoms with E-state index in [4.69, 9.17) is 9.52 Å². The lowest BCUT2D eigenvalue weighted by Gasteiger charge is -2.17. The second-order valence-corrected chi connectivity index (χ2v) is 5.56. The molecular weight excluding hydrogens is 218 g/mol. The number of carboxylic acid groups (broad SMARTS) is 1. The summed E-state index contributed by atoms with van der Waals surface area (Å²) in [5, 5.41) is 12.3. The zero-order valence-electron chi connectivity index (χ0n) is 10.3. The van der Waals surface area contributed by atoms with Crippen molar-refractivity contribution in [2.24, 2.45) is 5.41 Å². The second kappa shape index (κ2) is 4.53. The van der Waals surface area contributed by atoms with Crippen LogP contribution >= 0.6 is 0 Å². The molecule has 0 aromatic carbocycles. The van der Waals surface area contributed by atoms with Crippen LogP contribution in [0.25, 0.3) is 0 Å². The molecule has 2 rings (SSSR count). The molecule has 94 valence electrons. The third-order valence-corrected chi connectivity index (χ3v) is 3.49. The van der Waals surface area contributed by atoms with Gasteiger partial charge in [-0.3, -0.25) is 0 Å². The van der Waals surface area contributed by atoms with E-state index in [1.54, 1.807) is 6.07 Å². The molecule has 0 spiro atoms. The number of nitrogens with one attached hydrogen (secondary N) is 1. The minimum absolute atomic E-state index is 0.0507. The summed E-state index contributed by atoms with van der Waals surface area (Å²) in [5.41, 5.74) is 1.13. The van der Waals surface area contributed by atoms with Gasteiger partial charge in [-0.1, -0.05) is 13.8 Å². The van der Waals surface area contributed by atoms with Crippen molar-refractivity contribution >= 4 is 5.97 Å². The first-order chi connectivity index (χ1) is 7.98. The summed E-state index contributed by atoms with van der Waals surface area (Å²) in [6.45, 7) is 5.11. The summed E-state index contributed by atoms with van der Waals surface area (Å²) in [5.74, 6) is -0.951. The Kier molecular flexibility index (Phi) is 3.24. The summed E-state index contributed by atoms with van der Waals surface area (Å²) < 4.78 is 4.94. The molecule has 1 atom stereocenters. The molecular formula is C13H19NO3. The van der Waals surface area contributed by atoms with E-state index in [1.807, 2.05) is 0 Å². The highest BCUT2D eigenvalue weighted by molar-refractivity contribution is 5.86. The summed E-state index contributed by atoms with van der Waals surface area (Å²) >= 11 is 0. The molecule has 0 saturated heterocycles. The Bertz CT molecular complexity index is 409. The van der Waals surface area contributed by atoms with Crippen LogP contribution in [0.1, 0.15) is 49.2 Å². The van der Waals surface area contributed by atoms with Crippen LogP contribution in [0.2, 0.25) is 0 Å². The maximum atomic E-state index is 10.9. The van der Waals surface area contributed by atoms with Crippen molar-refractivity contribution in [2.75, 3.05) is 0 Å². The van der Waals surface area contributed by atoms with Crippen molar-refractivity contribution in [3.63, 3.8) is 0 Å². The van der Waals surface area contributed by atoms with Crippen LogP contribution in [0, 0.1) is 5.41 Å². The van der Waals surface area contributed by atoms with E-state index in [9.17, 15) is 4.79 Å². The predicted octanol–water partition coefficient (Wildman–Crippen LogP) is 2.65. The minimum atomic E-state index is -1.00. The molecule has 1 heterocycles. The van der Waals surface area contributed by atoms with Crippen LogP contribution in [0.4, 0.5) is 0 Å². The number of carbonyl (C=O) groups is 1. The number of carboxylic acids is 1. The van der Waals surface area contributed by atoms with E-state index in [2.05, 4.69) is 19.2 Å². The van der Waals surface area contributed by atoms with E-state index < -0.39 is 5.97 Å². The van der Waals surface area contributed by atoms with Gasteiger partial charge in [-0.25, -0.2) is 4.79 Å². The van der Waals surface area contributed by atoms with Gasteiger partial charge in [0.05, 0.1) is 6.26 Å². The summed E-state index contributed by atoms with van der Waals surface area (Å²) in [4.78, 5) is 10.9. The van der Waals surface area contributed by atoms with Gasteiger partial charge in [0, 0.05) is 18.2 Å². The van der Waals surface area contributed by atoms with Crippen molar-refractivity contribution in [2.45, 2.75) is 45.7 Å². The molecule has 4 heteroatoms. The number of hydrogen-bond donors (Lipinski definition) is 2. The van der Waals surface area contributed by atoms with Crippen LogP contribution in [0.5, 0.6) is 0 Å². The van der Waals surface area contributed by atoms with E-state index in [-0.39, 0.29) is 5.76 Å². The second-order valence-electron chi connectivity index (χ2n) is 5.56. The lowest BCUT2D eigenvalue weighted by Crippen LogP contribution is -2.27. The zero-order chi connectivity index (χ0) is 12.5. The van der Waals surface area contributed by atoms with Gasteiger partial charge in [-0.2, -0.15) is 0 Å². The molecule has 1 fully saturated rings. The Labute approximate surface area is 101 Å². The number of furan rings is 1. The highest BCUT2D eigenvalue weighted by Gasteiger charge is 2.30. The quantitative estimate of drug-likeness (QED) is 0.845. The average molecular weight is 237 g/mol. The normalized spacial score (nSPS) is 22.8. The Morgan fingerprint density at radius 1 is 1.65 bits per heavy atom. The number of aromatic carboxylic acids is 1. The molecule has 17 heavy (non-hydrogen) atoms. The topological polar surface area (TPSA) is 62.5 Å². The predicted molar refractivity (Wildman–Crippen MR) is 63.9 cm³/mol. The van der Waals surface area contributed by atoms with Crippen molar-refractivity contribution in [3.05, 3.63) is 23.7 Å². The molecule has 1 aromatic rings. The molecule has 4 nitrogen and oxygen atoms in total. The van der Waals surface area contributed by atoms with Gasteiger partial charge in [0.15, 0.2) is 0 Å². The van der Waals surface area contributed by atoms with Gasteiger partial charge >= 0.3 is 5.97 Å². The molecule has 0 amide bonds. The Morgan fingerprint density at radius 2 is 2.41 bits per heavy atom. The van der Waals surface area contributed by atoms with Gasteiger partial charge in [-0.05, 0) is 30.7 Å². The maximum Gasteiger partial charge on any atom is 0.372 e. The molecule has 1 aromatic heterocycles. The van der Waals surface area contributed by atoms with Crippen LogP contribution < -0.4 is 5.32 Å². The summed E-state index contributed by atoms with van der Waals surface area (Å²) in [6.07, 6.45) is 4.96. The fraction of sp³-hybridized carbons (Fsp3) is 0.615. The average Bonchev–Trinajstić information content (AvgIpc) is 2.81. The highest BCUT2D eigenvalue weighted by Crippen LogP contribution is 2.37. The van der Waals surface area contributed by atoms with Gasteiger partial charge in [0.1, 0.15) is 0 Å². The smallest absolute Gasteiger partial charge is 0.372 e. The van der Waals surface area contributed by atoms with Gasteiger partial charge in [-0.15, -0.1) is 0 Å². The van der Waals surface area contributed by atoms with Crippen molar-refractivity contribution < 1.29 is 14.3 Å². The zero-order valence-corrected chi connectivity index (χ0v) is 10.3. The fourth-order valence-electron chi connectivity index (χ4n) is 2.53. The first kappa shape index (κ1) is 12.2. The standard InChI is InChI=1S/C13H19NO3/c1-13(2)5-3-10(7-13)14-8-9-4-6-17-11(9)12(15)16/h4,6,10,14H,3,5,7-8H2,1-2H3,(H,15,16). The highest BCUT2D eigenvalue weighted by atomic mass is 16.4. The minimum Gasteiger partial charge on any atom is -0.475 e. The third kappa shape index (κ3) is 2.88. The molecule has 0 aliphatic heterocycles. The van der Waals surface area contributed by atoms with Crippen molar-refractivity contribution in [1.82, 2.24) is 5.32 Å². The Hall–Kier alpha value is -1.29. The largest absolute Gasteiger partial charge is 0.475 e. The molecule has 1 aliphatic carbocycles. The number of hydrogen-bond acceptors (Lipinski definition) is 3. The van der Waals surface area contributed by atoms with Crippen LogP contribution in [-0.2, 0) is 6.54 Å². The Morgan fingerprint density at radius 3 is 3.00 bits per heavy atom. The molecule has 1 saturated carbocycles. The van der Waals surface area contributed by atoms with Gasteiger partial charge in [0.25, 0.3) is 0 Å². The van der Waals surface area contributed by atoms with Crippen LogP contribution in [-0.4, -0.2) is 17.1 Å². The van der Waals surface area contributed by atoms with Crippen LogP contribution in [0.3, 0.4) is 0 Å². The van der Waals surface area contributed by atoms with Gasteiger partial charge in [0.2, 0.25) is 5.76 Å². The lowest BCUT2D eigenvalue weighted by molar-refractivity contribution is 0.0660. The molecule has 1 unspecified atom stereocenters. The summed E-state index contributed by atoms with van der Waals surface area (Å²) in [7, 11) is 0. The van der Waals surface area contributed by atoms with Crippen molar-refractivity contribution in [1.29, 1.82) is 0 Å². The molecule has 1 aliphatic rings. The number of rotatable bonds is 4. The molecule has 0 radical (unpaired) electrons. The third-order valence-electron chi connectivity index (χ3n) is 3.49. The fourth-order valence-corrected chi connectivity index (χ4v) is 2.53.